The van der Waals surface area contributed by atoms with Crippen LogP contribution in [0.25, 0.3) is 0 Å². The Bertz CT molecular complexity index is 435. The summed E-state index contributed by atoms with van der Waals surface area (Å²) in [5, 5.41) is 4.56. The van der Waals surface area contributed by atoms with Gasteiger partial charge in [-0.2, -0.15) is 0 Å². The van der Waals surface area contributed by atoms with E-state index in [-0.39, 0.29) is 5.75 Å². The van der Waals surface area contributed by atoms with Crippen molar-refractivity contribution in [1.82, 2.24) is 0 Å². The zero-order chi connectivity index (χ0) is 13.8. The average Bonchev–Trinajstić information content (AvgIpc) is 2.62. The summed E-state index contributed by atoms with van der Waals surface area (Å²) in [6.07, 6.45) is -1.46. The molecule has 0 saturated heterocycles. The number of anilines is 1. The standard InChI is InChI=1S/C11H15NO5S/c1-11(2,3)17-9(13)12-8-7(5-6-18-8)16-10(14)15-4/h5-6H,1-4H3,(H,12,13). The van der Waals surface area contributed by atoms with Gasteiger partial charge in [-0.3, -0.25) is 5.32 Å². The molecule has 7 heteroatoms. The van der Waals surface area contributed by atoms with Crippen LogP contribution in [-0.2, 0) is 9.47 Å². The van der Waals surface area contributed by atoms with Gasteiger partial charge in [0.15, 0.2) is 5.75 Å². The first-order valence-electron chi connectivity index (χ1n) is 5.15. The molecule has 18 heavy (non-hydrogen) atoms. The first-order valence-corrected chi connectivity index (χ1v) is 6.03. The summed E-state index contributed by atoms with van der Waals surface area (Å²) < 4.78 is 14.3. The van der Waals surface area contributed by atoms with Crippen LogP contribution in [0.15, 0.2) is 11.4 Å². The van der Waals surface area contributed by atoms with E-state index < -0.39 is 17.8 Å². The van der Waals surface area contributed by atoms with Crippen LogP contribution < -0.4 is 10.1 Å². The summed E-state index contributed by atoms with van der Waals surface area (Å²) in [6.45, 7) is 5.27. The topological polar surface area (TPSA) is 73.9 Å². The lowest BCUT2D eigenvalue weighted by Crippen LogP contribution is -2.27. The predicted octanol–water partition coefficient (Wildman–Crippen LogP) is 3.24. The predicted molar refractivity (Wildman–Crippen MR) is 67.2 cm³/mol. The molecule has 1 aromatic heterocycles. The number of methoxy groups -OCH3 is 1. The minimum atomic E-state index is -0.847. The third-order valence-electron chi connectivity index (χ3n) is 1.60. The van der Waals surface area contributed by atoms with Crippen LogP contribution in [0.3, 0.4) is 0 Å². The van der Waals surface area contributed by atoms with Gasteiger partial charge in [0, 0.05) is 0 Å². The summed E-state index contributed by atoms with van der Waals surface area (Å²) in [7, 11) is 1.20. The molecule has 1 amide bonds. The minimum Gasteiger partial charge on any atom is -0.444 e. The van der Waals surface area contributed by atoms with Crippen molar-refractivity contribution in [3.8, 4) is 5.75 Å². The summed E-state index contributed by atoms with van der Waals surface area (Å²) in [5.74, 6) is 0.220. The Morgan fingerprint density at radius 2 is 2.00 bits per heavy atom. The van der Waals surface area contributed by atoms with Crippen LogP contribution in [-0.4, -0.2) is 25.0 Å². The highest BCUT2D eigenvalue weighted by atomic mass is 32.1. The van der Waals surface area contributed by atoms with E-state index in [2.05, 4.69) is 10.1 Å². The van der Waals surface area contributed by atoms with Gasteiger partial charge in [0.25, 0.3) is 0 Å². The molecule has 0 fully saturated rings. The second kappa shape index (κ2) is 5.72. The highest BCUT2D eigenvalue weighted by Gasteiger charge is 2.19. The molecule has 1 N–H and O–H groups in total. The third-order valence-corrected chi connectivity index (χ3v) is 2.41. The molecule has 0 atom stereocenters. The Kier molecular flexibility index (Phi) is 4.55. The third kappa shape index (κ3) is 4.62. The summed E-state index contributed by atoms with van der Waals surface area (Å²) in [5.41, 5.74) is -0.593. The van der Waals surface area contributed by atoms with Crippen LogP contribution in [0.2, 0.25) is 0 Å². The summed E-state index contributed by atoms with van der Waals surface area (Å²) >= 11 is 1.21. The van der Waals surface area contributed by atoms with E-state index in [1.807, 2.05) is 0 Å². The van der Waals surface area contributed by atoms with Crippen molar-refractivity contribution in [2.24, 2.45) is 0 Å². The molecule has 0 aliphatic heterocycles. The molecule has 1 heterocycles. The maximum atomic E-state index is 11.5. The van der Waals surface area contributed by atoms with Crippen molar-refractivity contribution in [2.75, 3.05) is 12.4 Å². The van der Waals surface area contributed by atoms with Gasteiger partial charge in [-0.05, 0) is 32.2 Å². The molecule has 0 aromatic carbocycles. The fraction of sp³-hybridized carbons (Fsp3) is 0.455. The Morgan fingerprint density at radius 3 is 2.56 bits per heavy atom. The van der Waals surface area contributed by atoms with Gasteiger partial charge in [-0.25, -0.2) is 9.59 Å². The lowest BCUT2D eigenvalue weighted by molar-refractivity contribution is 0.0635. The van der Waals surface area contributed by atoms with Crippen molar-refractivity contribution in [3.05, 3.63) is 11.4 Å². The number of carbonyl (C=O) groups excluding carboxylic acids is 2. The van der Waals surface area contributed by atoms with E-state index in [9.17, 15) is 9.59 Å². The number of hydrogen-bond acceptors (Lipinski definition) is 6. The number of ether oxygens (including phenoxy) is 3. The normalized spacial score (nSPS) is 10.7. The van der Waals surface area contributed by atoms with E-state index in [4.69, 9.17) is 9.47 Å². The number of rotatable bonds is 2. The van der Waals surface area contributed by atoms with Crippen molar-refractivity contribution >= 4 is 28.6 Å². The van der Waals surface area contributed by atoms with E-state index in [0.29, 0.717) is 5.00 Å². The molecular formula is C11H15NO5S. The Balaban J connectivity index is 2.65. The number of amides is 1. The second-order valence-corrected chi connectivity index (χ2v) is 5.21. The SMILES string of the molecule is COC(=O)Oc1ccsc1NC(=O)OC(C)(C)C. The first kappa shape index (κ1) is 14.3. The molecule has 0 aliphatic carbocycles. The van der Waals surface area contributed by atoms with E-state index in [1.54, 1.807) is 32.2 Å². The van der Waals surface area contributed by atoms with Gasteiger partial charge in [-0.15, -0.1) is 11.3 Å². The second-order valence-electron chi connectivity index (χ2n) is 4.30. The molecule has 0 unspecified atom stereocenters. The number of carbonyl (C=O) groups is 2. The van der Waals surface area contributed by atoms with E-state index in [1.165, 1.54) is 18.4 Å². The molecule has 0 aliphatic rings. The molecule has 100 valence electrons. The molecule has 1 rings (SSSR count). The lowest BCUT2D eigenvalue weighted by atomic mass is 10.2. The molecule has 1 aromatic rings. The Morgan fingerprint density at radius 1 is 1.33 bits per heavy atom. The number of thiophene rings is 1. The van der Waals surface area contributed by atoms with Crippen LogP contribution in [0.4, 0.5) is 14.6 Å². The summed E-state index contributed by atoms with van der Waals surface area (Å²) in [4.78, 5) is 22.5. The average molecular weight is 273 g/mol. The monoisotopic (exact) mass is 273 g/mol. The first-order chi connectivity index (χ1) is 8.31. The van der Waals surface area contributed by atoms with Crippen LogP contribution in [0.1, 0.15) is 20.8 Å². The maximum absolute atomic E-state index is 11.5. The quantitative estimate of drug-likeness (QED) is 0.837. The lowest BCUT2D eigenvalue weighted by Gasteiger charge is -2.19. The van der Waals surface area contributed by atoms with Gasteiger partial charge in [-0.1, -0.05) is 0 Å². The van der Waals surface area contributed by atoms with Gasteiger partial charge in [0.1, 0.15) is 10.6 Å². The fourth-order valence-corrected chi connectivity index (χ4v) is 1.69. The van der Waals surface area contributed by atoms with Gasteiger partial charge in [0.2, 0.25) is 0 Å². The zero-order valence-electron chi connectivity index (χ0n) is 10.6. The van der Waals surface area contributed by atoms with Gasteiger partial charge >= 0.3 is 12.2 Å². The zero-order valence-corrected chi connectivity index (χ0v) is 11.4. The van der Waals surface area contributed by atoms with E-state index in [0.717, 1.165) is 0 Å². The minimum absolute atomic E-state index is 0.220. The molecule has 0 bridgehead atoms. The smallest absolute Gasteiger partial charge is 0.444 e. The molecule has 0 spiro atoms. The highest BCUT2D eigenvalue weighted by molar-refractivity contribution is 7.14. The van der Waals surface area contributed by atoms with Crippen LogP contribution in [0.5, 0.6) is 5.75 Å². The van der Waals surface area contributed by atoms with Crippen molar-refractivity contribution < 1.29 is 23.8 Å². The van der Waals surface area contributed by atoms with Gasteiger partial charge in [0.05, 0.1) is 7.11 Å². The molecule has 0 radical (unpaired) electrons. The van der Waals surface area contributed by atoms with Crippen molar-refractivity contribution in [3.63, 3.8) is 0 Å². The Hall–Kier alpha value is -1.76. The maximum Gasteiger partial charge on any atom is 0.513 e. The number of nitrogens with one attached hydrogen (secondary N) is 1. The van der Waals surface area contributed by atoms with Crippen LogP contribution >= 0.6 is 11.3 Å². The fourth-order valence-electron chi connectivity index (χ4n) is 0.997. The van der Waals surface area contributed by atoms with E-state index >= 15 is 0 Å². The highest BCUT2D eigenvalue weighted by Crippen LogP contribution is 2.31. The van der Waals surface area contributed by atoms with Crippen molar-refractivity contribution in [1.29, 1.82) is 0 Å². The molecule has 0 saturated carbocycles. The van der Waals surface area contributed by atoms with Crippen molar-refractivity contribution in [2.45, 2.75) is 26.4 Å². The summed E-state index contributed by atoms with van der Waals surface area (Å²) in [6, 6.07) is 1.55. The molecule has 6 nitrogen and oxygen atoms in total. The van der Waals surface area contributed by atoms with Crippen LogP contribution in [0, 0.1) is 0 Å². The molecular weight excluding hydrogens is 258 g/mol. The van der Waals surface area contributed by atoms with Gasteiger partial charge < -0.3 is 14.2 Å². The largest absolute Gasteiger partial charge is 0.513 e. The number of hydrogen-bond donors (Lipinski definition) is 1. The Labute approximate surface area is 109 Å².